The van der Waals surface area contributed by atoms with Gasteiger partial charge in [0.1, 0.15) is 0 Å². The molecule has 0 unspecified atom stereocenters. The summed E-state index contributed by atoms with van der Waals surface area (Å²) in [6, 6.07) is 11.5. The van der Waals surface area contributed by atoms with Crippen LogP contribution < -0.4 is 10.5 Å². The molecule has 1 fully saturated rings. The standard InChI is InChI=1S/C22H18F3NO4Se/c1-29-17(27)11-21(7-8-21)13-4-2-3-12(9-13)18-15-10-14(30-22(23,24)25)5-6-16(15)31-19(18)20(26)28/h2-6,9-10H,7-8,11H2,1H3,(H2,26,28). The van der Waals surface area contributed by atoms with Gasteiger partial charge < -0.3 is 0 Å². The molecule has 1 aromatic heterocycles. The fourth-order valence-corrected chi connectivity index (χ4v) is 6.02. The average Bonchev–Trinajstić information content (AvgIpc) is 3.38. The second kappa shape index (κ2) is 7.73. The molecule has 5 nitrogen and oxygen atoms in total. The Morgan fingerprint density at radius 3 is 2.52 bits per heavy atom. The molecule has 31 heavy (non-hydrogen) atoms. The molecule has 4 rings (SSSR count). The van der Waals surface area contributed by atoms with E-state index in [0.29, 0.717) is 21.0 Å². The van der Waals surface area contributed by atoms with Crippen molar-refractivity contribution in [1.82, 2.24) is 0 Å². The van der Waals surface area contributed by atoms with Crippen LogP contribution in [0.4, 0.5) is 13.2 Å². The number of carbonyl (C=O) groups is 2. The van der Waals surface area contributed by atoms with Crippen molar-refractivity contribution < 1.29 is 32.2 Å². The summed E-state index contributed by atoms with van der Waals surface area (Å²) in [5.74, 6) is -1.26. The number of fused-ring (bicyclic) bond motifs is 1. The Kier molecular flexibility index (Phi) is 5.35. The van der Waals surface area contributed by atoms with Gasteiger partial charge in [-0.15, -0.1) is 0 Å². The molecule has 1 amide bonds. The third-order valence-corrected chi connectivity index (χ3v) is 7.93. The second-order valence-electron chi connectivity index (χ2n) is 7.49. The number of esters is 1. The van der Waals surface area contributed by atoms with Gasteiger partial charge in [-0.25, -0.2) is 0 Å². The van der Waals surface area contributed by atoms with Crippen molar-refractivity contribution in [3.05, 3.63) is 52.5 Å². The van der Waals surface area contributed by atoms with E-state index in [0.717, 1.165) is 22.7 Å². The van der Waals surface area contributed by atoms with Crippen LogP contribution in [-0.4, -0.2) is 39.9 Å². The Bertz CT molecular complexity index is 1180. The molecule has 2 N–H and O–H groups in total. The van der Waals surface area contributed by atoms with Crippen LogP contribution in [0.2, 0.25) is 0 Å². The predicted molar refractivity (Wildman–Crippen MR) is 109 cm³/mol. The minimum atomic E-state index is -4.82. The molecule has 9 heteroatoms. The van der Waals surface area contributed by atoms with E-state index in [9.17, 15) is 22.8 Å². The maximum absolute atomic E-state index is 12.7. The van der Waals surface area contributed by atoms with Crippen molar-refractivity contribution in [2.75, 3.05) is 7.11 Å². The number of methoxy groups -OCH3 is 1. The van der Waals surface area contributed by atoms with E-state index >= 15 is 0 Å². The summed E-state index contributed by atoms with van der Waals surface area (Å²) in [6.07, 6.45) is -2.91. The number of rotatable bonds is 6. The molecule has 0 radical (unpaired) electrons. The average molecular weight is 496 g/mol. The van der Waals surface area contributed by atoms with Gasteiger partial charge in [0.25, 0.3) is 0 Å². The van der Waals surface area contributed by atoms with Crippen LogP contribution >= 0.6 is 0 Å². The molecule has 0 spiro atoms. The van der Waals surface area contributed by atoms with Crippen LogP contribution in [-0.2, 0) is 14.9 Å². The first-order valence-electron chi connectivity index (χ1n) is 9.42. The monoisotopic (exact) mass is 497 g/mol. The molecule has 1 aliphatic rings. The number of hydrogen-bond acceptors (Lipinski definition) is 4. The van der Waals surface area contributed by atoms with Crippen LogP contribution in [0.5, 0.6) is 5.75 Å². The van der Waals surface area contributed by atoms with Crippen molar-refractivity contribution in [3.63, 3.8) is 0 Å². The first-order chi connectivity index (χ1) is 14.6. The zero-order valence-electron chi connectivity index (χ0n) is 16.4. The van der Waals surface area contributed by atoms with E-state index in [1.54, 1.807) is 6.07 Å². The van der Waals surface area contributed by atoms with Crippen molar-refractivity contribution in [2.24, 2.45) is 5.73 Å². The van der Waals surface area contributed by atoms with Crippen molar-refractivity contribution in [1.29, 1.82) is 0 Å². The van der Waals surface area contributed by atoms with E-state index in [4.69, 9.17) is 10.5 Å². The summed E-state index contributed by atoms with van der Waals surface area (Å²) in [5, 5.41) is 0.505. The van der Waals surface area contributed by atoms with Gasteiger partial charge in [0, 0.05) is 0 Å². The third-order valence-electron chi connectivity index (χ3n) is 5.44. The number of halogens is 3. The number of hydrogen-bond donors (Lipinski definition) is 1. The van der Waals surface area contributed by atoms with Crippen LogP contribution in [0.3, 0.4) is 0 Å². The Morgan fingerprint density at radius 1 is 1.16 bits per heavy atom. The van der Waals surface area contributed by atoms with E-state index in [1.165, 1.54) is 25.3 Å². The number of benzene rings is 2. The molecule has 1 aliphatic carbocycles. The number of nitrogens with two attached hydrogens (primary N) is 1. The molecule has 0 aliphatic heterocycles. The van der Waals surface area contributed by atoms with E-state index in [-0.39, 0.29) is 23.6 Å². The van der Waals surface area contributed by atoms with Gasteiger partial charge in [0.15, 0.2) is 0 Å². The number of carbonyl (C=O) groups excluding carboxylic acids is 2. The molecule has 162 valence electrons. The van der Waals surface area contributed by atoms with Crippen LogP contribution in [0.1, 0.15) is 34.1 Å². The van der Waals surface area contributed by atoms with Gasteiger partial charge in [-0.05, 0) is 0 Å². The minimum absolute atomic E-state index is 0.249. The van der Waals surface area contributed by atoms with Gasteiger partial charge >= 0.3 is 181 Å². The zero-order chi connectivity index (χ0) is 22.4. The Balaban J connectivity index is 1.83. The molecule has 3 aromatic rings. The molecular formula is C22H18F3NO4Se. The van der Waals surface area contributed by atoms with Crippen molar-refractivity contribution in [3.8, 4) is 16.9 Å². The molecule has 0 saturated heterocycles. The van der Waals surface area contributed by atoms with E-state index in [1.807, 2.05) is 18.2 Å². The summed E-state index contributed by atoms with van der Waals surface area (Å²) in [5.41, 5.74) is 7.42. The third kappa shape index (κ3) is 4.34. The normalized spacial score (nSPS) is 15.0. The van der Waals surface area contributed by atoms with E-state index in [2.05, 4.69) is 4.74 Å². The SMILES string of the molecule is COC(=O)CC1(c2cccc(-c3c(C(N)=O)[se]c4ccc(OC(F)(F)F)cc34)c2)CC1. The summed E-state index contributed by atoms with van der Waals surface area (Å²) >= 11 is -0.438. The number of alkyl halides is 3. The predicted octanol–water partition coefficient (Wildman–Crippen LogP) is 4.16. The quantitative estimate of drug-likeness (QED) is 0.411. The van der Waals surface area contributed by atoms with Gasteiger partial charge in [-0.3, -0.25) is 0 Å². The Hall–Kier alpha value is -2.77. The van der Waals surface area contributed by atoms with Gasteiger partial charge in [0.05, 0.1) is 0 Å². The first-order valence-corrected chi connectivity index (χ1v) is 11.1. The summed E-state index contributed by atoms with van der Waals surface area (Å²) in [4.78, 5) is 24.0. The maximum atomic E-state index is 12.7. The fourth-order valence-electron chi connectivity index (χ4n) is 3.81. The van der Waals surface area contributed by atoms with Crippen LogP contribution in [0.25, 0.3) is 20.8 Å². The Morgan fingerprint density at radius 2 is 1.90 bits per heavy atom. The van der Waals surface area contributed by atoms with E-state index < -0.39 is 26.8 Å². The molecule has 0 atom stereocenters. The molecule has 2 aromatic carbocycles. The second-order valence-corrected chi connectivity index (χ2v) is 9.70. The van der Waals surface area contributed by atoms with Gasteiger partial charge in [-0.1, -0.05) is 0 Å². The summed E-state index contributed by atoms with van der Waals surface area (Å²) in [7, 11) is 1.34. The number of primary amides is 1. The van der Waals surface area contributed by atoms with Crippen molar-refractivity contribution >= 4 is 36.0 Å². The molecule has 0 bridgehead atoms. The number of amides is 1. The molecule has 1 heterocycles. The number of ether oxygens (including phenoxy) is 2. The van der Waals surface area contributed by atoms with Crippen molar-refractivity contribution in [2.45, 2.75) is 31.0 Å². The summed E-state index contributed by atoms with van der Waals surface area (Å²) < 4.78 is 48.1. The first kappa shape index (κ1) is 21.5. The topological polar surface area (TPSA) is 78.6 Å². The van der Waals surface area contributed by atoms with Gasteiger partial charge in [-0.2, -0.15) is 0 Å². The van der Waals surface area contributed by atoms with Crippen LogP contribution in [0.15, 0.2) is 42.5 Å². The molecular weight excluding hydrogens is 478 g/mol. The summed E-state index contributed by atoms with van der Waals surface area (Å²) in [6.45, 7) is 0. The fraction of sp³-hybridized carbons (Fsp3) is 0.273. The molecule has 1 saturated carbocycles. The van der Waals surface area contributed by atoms with Crippen LogP contribution in [0, 0.1) is 0 Å². The van der Waals surface area contributed by atoms with Gasteiger partial charge in [0.2, 0.25) is 0 Å². The zero-order valence-corrected chi connectivity index (χ0v) is 18.1. The Labute approximate surface area is 181 Å².